The van der Waals surface area contributed by atoms with Crippen LogP contribution in [0.5, 0.6) is 0 Å². The molecule has 1 aliphatic rings. The van der Waals surface area contributed by atoms with E-state index in [4.69, 9.17) is 5.26 Å². The molecule has 0 aromatic heterocycles. The Bertz CT molecular complexity index is 78.5. The molecule has 0 spiro atoms. The van der Waals surface area contributed by atoms with Gasteiger partial charge in [-0.2, -0.15) is 5.26 Å². The maximum Gasteiger partial charge on any atom is 0.192 e. The van der Waals surface area contributed by atoms with Gasteiger partial charge < -0.3 is 0 Å². The lowest BCUT2D eigenvalue weighted by Gasteiger charge is -1.85. The first-order valence-corrected chi connectivity index (χ1v) is 1.83. The van der Waals surface area contributed by atoms with Gasteiger partial charge >= 0.3 is 0 Å². The fourth-order valence-corrected chi connectivity index (χ4v) is 0.233. The number of hydrogen-bond donors (Lipinski definition) is 1. The smallest absolute Gasteiger partial charge is 0.192 e. The number of nitriles is 1. The van der Waals surface area contributed by atoms with E-state index in [2.05, 4.69) is 5.43 Å². The van der Waals surface area contributed by atoms with Crippen LogP contribution in [0.2, 0.25) is 0 Å². The highest BCUT2D eigenvalue weighted by Crippen LogP contribution is 1.93. The van der Waals surface area contributed by atoms with Gasteiger partial charge in [0.05, 0.1) is 0 Å². The van der Waals surface area contributed by atoms with E-state index in [0.29, 0.717) is 0 Å². The average Bonchev–Trinajstić information content (AvgIpc) is 2.21. The van der Waals surface area contributed by atoms with Gasteiger partial charge in [-0.05, 0) is 0 Å². The van der Waals surface area contributed by atoms with Crippen LogP contribution in [0.25, 0.3) is 0 Å². The van der Waals surface area contributed by atoms with Crippen LogP contribution >= 0.6 is 0 Å². The molecule has 1 fully saturated rings. The summed E-state index contributed by atoms with van der Waals surface area (Å²) in [5.74, 6) is 0. The van der Waals surface area contributed by atoms with Crippen LogP contribution in [0.1, 0.15) is 0 Å². The van der Waals surface area contributed by atoms with Crippen molar-refractivity contribution >= 4 is 0 Å². The molecule has 0 atom stereocenters. The van der Waals surface area contributed by atoms with Gasteiger partial charge in [-0.3, -0.25) is 5.43 Å². The molecule has 6 heavy (non-hydrogen) atoms. The highest BCUT2D eigenvalue weighted by molar-refractivity contribution is 4.73. The molecule has 3 nitrogen and oxygen atoms in total. The molecule has 0 unspecified atom stereocenters. The number of nitrogens with one attached hydrogen (secondary N) is 1. The molecule has 1 rings (SSSR count). The zero-order valence-corrected chi connectivity index (χ0v) is 3.31. The summed E-state index contributed by atoms with van der Waals surface area (Å²) >= 11 is 0. The van der Waals surface area contributed by atoms with E-state index in [1.807, 2.05) is 5.01 Å². The Hall–Kier alpha value is -0.750. The summed E-state index contributed by atoms with van der Waals surface area (Å²) < 4.78 is 0. The third-order valence-electron chi connectivity index (χ3n) is 0.655. The van der Waals surface area contributed by atoms with E-state index < -0.39 is 0 Å². The molecule has 32 valence electrons. The lowest BCUT2D eigenvalue weighted by Crippen LogP contribution is -2.12. The highest BCUT2D eigenvalue weighted by atomic mass is 15.6. The molecule has 1 aliphatic heterocycles. The number of rotatable bonds is 1. The van der Waals surface area contributed by atoms with E-state index in [9.17, 15) is 0 Å². The number of hydrogen-bond acceptors (Lipinski definition) is 3. The third kappa shape index (κ3) is 0.597. The first kappa shape index (κ1) is 3.44. The average molecular weight is 83.1 g/mol. The van der Waals surface area contributed by atoms with Crippen molar-refractivity contribution in [2.75, 3.05) is 13.1 Å². The van der Waals surface area contributed by atoms with E-state index in [1.54, 1.807) is 6.19 Å². The summed E-state index contributed by atoms with van der Waals surface area (Å²) in [7, 11) is 0. The van der Waals surface area contributed by atoms with E-state index >= 15 is 0 Å². The second-order valence-electron chi connectivity index (χ2n) is 1.21. The molecule has 1 N–H and O–H groups in total. The standard InChI is InChI=1S/C3H5N3/c4-3-5-6-1-2-6/h5H,1-2H2. The Morgan fingerprint density at radius 2 is 2.33 bits per heavy atom. The fourth-order valence-electron chi connectivity index (χ4n) is 0.233. The molecule has 0 radical (unpaired) electrons. The largest absolute Gasteiger partial charge is 0.255 e. The molecule has 0 bridgehead atoms. The maximum absolute atomic E-state index is 7.87. The van der Waals surface area contributed by atoms with Gasteiger partial charge in [0.1, 0.15) is 0 Å². The van der Waals surface area contributed by atoms with Crippen LogP contribution in [0, 0.1) is 11.5 Å². The van der Waals surface area contributed by atoms with Crippen LogP contribution in [-0.2, 0) is 0 Å². The van der Waals surface area contributed by atoms with Gasteiger partial charge in [0.15, 0.2) is 6.19 Å². The zero-order chi connectivity index (χ0) is 4.41. The van der Waals surface area contributed by atoms with Crippen molar-refractivity contribution in [3.8, 4) is 6.19 Å². The van der Waals surface area contributed by atoms with Gasteiger partial charge in [-0.25, -0.2) is 5.01 Å². The second kappa shape index (κ2) is 1.15. The fraction of sp³-hybridized carbons (Fsp3) is 0.667. The predicted molar refractivity (Wildman–Crippen MR) is 20.3 cm³/mol. The molecule has 0 amide bonds. The van der Waals surface area contributed by atoms with Gasteiger partial charge in [-0.15, -0.1) is 0 Å². The van der Waals surface area contributed by atoms with Crippen molar-refractivity contribution in [1.29, 1.82) is 5.26 Å². The summed E-state index contributed by atoms with van der Waals surface area (Å²) in [6, 6.07) is 0. The highest BCUT2D eigenvalue weighted by Gasteiger charge is 2.14. The normalized spacial score (nSPS) is 19.2. The zero-order valence-electron chi connectivity index (χ0n) is 3.31. The van der Waals surface area contributed by atoms with Crippen LogP contribution < -0.4 is 5.43 Å². The molecular formula is C3H5N3. The Kier molecular flexibility index (Phi) is 0.659. The topological polar surface area (TPSA) is 38.8 Å². The monoisotopic (exact) mass is 83.0 g/mol. The third-order valence-corrected chi connectivity index (χ3v) is 0.655. The van der Waals surface area contributed by atoms with Crippen molar-refractivity contribution in [3.05, 3.63) is 0 Å². The molecule has 3 heteroatoms. The quantitative estimate of drug-likeness (QED) is 0.258. The lowest BCUT2D eigenvalue weighted by atomic mass is 11.0. The van der Waals surface area contributed by atoms with Gasteiger partial charge in [0, 0.05) is 13.1 Å². The van der Waals surface area contributed by atoms with Crippen LogP contribution in [0.3, 0.4) is 0 Å². The maximum atomic E-state index is 7.87. The minimum absolute atomic E-state index is 1.02. The summed E-state index contributed by atoms with van der Waals surface area (Å²) in [6.07, 6.45) is 1.81. The molecular weight excluding hydrogens is 78.1 g/mol. The van der Waals surface area contributed by atoms with Crippen LogP contribution in [-0.4, -0.2) is 18.1 Å². The number of hydrazine groups is 1. The lowest BCUT2D eigenvalue weighted by molar-refractivity contribution is 0.492. The molecule has 0 saturated carbocycles. The van der Waals surface area contributed by atoms with Crippen molar-refractivity contribution < 1.29 is 0 Å². The molecule has 0 aromatic rings. The minimum atomic E-state index is 1.02. The van der Waals surface area contributed by atoms with E-state index in [1.165, 1.54) is 0 Å². The van der Waals surface area contributed by atoms with Crippen molar-refractivity contribution in [3.63, 3.8) is 0 Å². The van der Waals surface area contributed by atoms with Crippen molar-refractivity contribution in [2.45, 2.75) is 0 Å². The predicted octanol–water partition coefficient (Wildman–Crippen LogP) is -0.712. The van der Waals surface area contributed by atoms with Gasteiger partial charge in [0.25, 0.3) is 0 Å². The SMILES string of the molecule is N#CNN1CC1. The molecule has 1 saturated heterocycles. The Morgan fingerprint density at radius 3 is 2.50 bits per heavy atom. The summed E-state index contributed by atoms with van der Waals surface area (Å²) in [5, 5.41) is 9.69. The minimum Gasteiger partial charge on any atom is -0.255 e. The van der Waals surface area contributed by atoms with E-state index in [-0.39, 0.29) is 0 Å². The van der Waals surface area contributed by atoms with Crippen LogP contribution in [0.4, 0.5) is 0 Å². The molecule has 0 aliphatic carbocycles. The van der Waals surface area contributed by atoms with Gasteiger partial charge in [0.2, 0.25) is 0 Å². The van der Waals surface area contributed by atoms with Crippen molar-refractivity contribution in [2.24, 2.45) is 0 Å². The summed E-state index contributed by atoms with van der Waals surface area (Å²) in [4.78, 5) is 0. The number of nitrogens with zero attached hydrogens (tertiary/aromatic N) is 2. The van der Waals surface area contributed by atoms with Gasteiger partial charge in [-0.1, -0.05) is 0 Å². The Balaban J connectivity index is 2.05. The molecule has 0 aromatic carbocycles. The first-order valence-electron chi connectivity index (χ1n) is 1.83. The second-order valence-corrected chi connectivity index (χ2v) is 1.21. The summed E-state index contributed by atoms with van der Waals surface area (Å²) in [6.45, 7) is 2.04. The Labute approximate surface area is 36.1 Å². The van der Waals surface area contributed by atoms with Crippen molar-refractivity contribution in [1.82, 2.24) is 10.4 Å². The van der Waals surface area contributed by atoms with Crippen LogP contribution in [0.15, 0.2) is 0 Å². The summed E-state index contributed by atoms with van der Waals surface area (Å²) in [5.41, 5.74) is 2.46. The molecule has 1 heterocycles. The van der Waals surface area contributed by atoms with E-state index in [0.717, 1.165) is 13.1 Å². The first-order chi connectivity index (χ1) is 2.93. The Morgan fingerprint density at radius 1 is 1.67 bits per heavy atom.